The van der Waals surface area contributed by atoms with Crippen molar-refractivity contribution in [3.8, 4) is 0 Å². The molecule has 0 atom stereocenters. The Morgan fingerprint density at radius 3 is 2.65 bits per heavy atom. The summed E-state index contributed by atoms with van der Waals surface area (Å²) in [6.45, 7) is 5.05. The number of aromatic nitrogens is 2. The number of amides is 1. The van der Waals surface area contributed by atoms with E-state index in [1.807, 2.05) is 6.92 Å². The van der Waals surface area contributed by atoms with Gasteiger partial charge in [-0.25, -0.2) is 8.42 Å². The number of hydrogen-bond acceptors (Lipinski definition) is 9. The second kappa shape index (κ2) is 9.82. The smallest absolute Gasteiger partial charge is 0.259 e. The number of sulfonamides is 1. The molecule has 31 heavy (non-hydrogen) atoms. The van der Waals surface area contributed by atoms with E-state index in [1.54, 1.807) is 23.9 Å². The van der Waals surface area contributed by atoms with Crippen LogP contribution < -0.4 is 10.2 Å². The first-order valence-corrected chi connectivity index (χ1v) is 13.5. The van der Waals surface area contributed by atoms with Gasteiger partial charge in [-0.05, 0) is 36.8 Å². The Bertz CT molecular complexity index is 1030. The first kappa shape index (κ1) is 22.5. The second-order valence-electron chi connectivity index (χ2n) is 7.15. The quantitative estimate of drug-likeness (QED) is 0.473. The Balaban J connectivity index is 1.65. The van der Waals surface area contributed by atoms with Gasteiger partial charge in [0.2, 0.25) is 15.2 Å². The highest BCUT2D eigenvalue weighted by Gasteiger charge is 2.29. The van der Waals surface area contributed by atoms with Crippen molar-refractivity contribution in [1.29, 1.82) is 0 Å². The summed E-state index contributed by atoms with van der Waals surface area (Å²) >= 11 is 2.86. The van der Waals surface area contributed by atoms with Crippen LogP contribution in [0.15, 0.2) is 27.4 Å². The lowest BCUT2D eigenvalue weighted by Gasteiger charge is -2.27. The minimum absolute atomic E-state index is 0.113. The molecular formula is C19H25N5O4S3. The van der Waals surface area contributed by atoms with Crippen LogP contribution in [0.4, 0.5) is 10.8 Å². The Hall–Kier alpha value is -1.73. The van der Waals surface area contributed by atoms with Crippen molar-refractivity contribution in [3.05, 3.63) is 23.8 Å². The van der Waals surface area contributed by atoms with Crippen LogP contribution in [0.3, 0.4) is 0 Å². The van der Waals surface area contributed by atoms with Crippen LogP contribution >= 0.6 is 23.1 Å². The van der Waals surface area contributed by atoms with Crippen LogP contribution in [0, 0.1) is 0 Å². The van der Waals surface area contributed by atoms with Crippen LogP contribution in [0.1, 0.15) is 30.1 Å². The molecule has 1 aromatic carbocycles. The molecule has 1 N–H and O–H groups in total. The highest BCUT2D eigenvalue weighted by molar-refractivity contribution is 8.01. The van der Waals surface area contributed by atoms with Crippen molar-refractivity contribution in [2.45, 2.75) is 29.0 Å². The summed E-state index contributed by atoms with van der Waals surface area (Å²) in [5.74, 6) is 0.480. The fraction of sp³-hybridized carbons (Fsp3) is 0.526. The van der Waals surface area contributed by atoms with Crippen LogP contribution in [0.5, 0.6) is 0 Å². The molecule has 0 aliphatic carbocycles. The van der Waals surface area contributed by atoms with E-state index in [2.05, 4.69) is 20.4 Å². The van der Waals surface area contributed by atoms with Gasteiger partial charge in [0.05, 0.1) is 23.7 Å². The molecule has 0 spiro atoms. The molecule has 9 nitrogen and oxygen atoms in total. The lowest BCUT2D eigenvalue weighted by molar-refractivity contribution is 0.0730. The van der Waals surface area contributed by atoms with Gasteiger partial charge in [0.15, 0.2) is 4.34 Å². The number of morpholine rings is 1. The first-order valence-electron chi connectivity index (χ1n) is 10.2. The predicted molar refractivity (Wildman–Crippen MR) is 122 cm³/mol. The van der Waals surface area contributed by atoms with Crippen molar-refractivity contribution in [3.63, 3.8) is 0 Å². The molecule has 2 saturated heterocycles. The van der Waals surface area contributed by atoms with Gasteiger partial charge < -0.3 is 9.64 Å². The zero-order valence-electron chi connectivity index (χ0n) is 17.2. The number of benzene rings is 1. The Morgan fingerprint density at radius 1 is 1.19 bits per heavy atom. The standard InChI is InChI=1S/C19H25N5O4S3/c1-2-29-19-22-21-18(30-19)20-17(25)15-13-14(5-6-16(15)23-7-3-4-8-23)31(26,27)24-9-11-28-12-10-24/h5-6,13H,2-4,7-12H2,1H3,(H,20,21,25). The maximum atomic E-state index is 13.2. The minimum Gasteiger partial charge on any atom is -0.379 e. The predicted octanol–water partition coefficient (Wildman–Crippen LogP) is 2.52. The van der Waals surface area contributed by atoms with Gasteiger partial charge in [-0.2, -0.15) is 4.31 Å². The molecule has 0 unspecified atom stereocenters. The van der Waals surface area contributed by atoms with Crippen LogP contribution in [0.25, 0.3) is 0 Å². The molecule has 0 saturated carbocycles. The molecule has 3 heterocycles. The number of hydrogen-bond donors (Lipinski definition) is 1. The number of rotatable bonds is 7. The summed E-state index contributed by atoms with van der Waals surface area (Å²) in [6.07, 6.45) is 2.09. The Labute approximate surface area is 190 Å². The molecule has 2 aliphatic heterocycles. The zero-order valence-corrected chi connectivity index (χ0v) is 19.7. The van der Waals surface area contributed by atoms with Crippen LogP contribution in [-0.2, 0) is 14.8 Å². The van der Waals surface area contributed by atoms with E-state index in [0.29, 0.717) is 37.0 Å². The molecule has 1 aromatic heterocycles. The molecule has 0 bridgehead atoms. The van der Waals surface area contributed by atoms with E-state index in [-0.39, 0.29) is 10.8 Å². The third-order valence-corrected chi connectivity index (χ3v) is 8.91. The third kappa shape index (κ3) is 5.03. The number of carbonyl (C=O) groups excluding carboxylic acids is 1. The summed E-state index contributed by atoms with van der Waals surface area (Å²) in [4.78, 5) is 15.4. The molecular weight excluding hydrogens is 458 g/mol. The summed E-state index contributed by atoms with van der Waals surface area (Å²) in [7, 11) is -3.71. The van der Waals surface area contributed by atoms with Crippen molar-refractivity contribution in [2.24, 2.45) is 0 Å². The van der Waals surface area contributed by atoms with E-state index in [1.165, 1.54) is 21.7 Å². The number of carbonyl (C=O) groups is 1. The molecule has 4 rings (SSSR count). The van der Waals surface area contributed by atoms with Crippen molar-refractivity contribution in [1.82, 2.24) is 14.5 Å². The molecule has 2 fully saturated rings. The fourth-order valence-corrected chi connectivity index (χ4v) is 6.71. The summed E-state index contributed by atoms with van der Waals surface area (Å²) in [5, 5.41) is 11.3. The maximum Gasteiger partial charge on any atom is 0.259 e. The SMILES string of the molecule is CCSc1nnc(NC(=O)c2cc(S(=O)(=O)N3CCOCC3)ccc2N2CCCC2)s1. The van der Waals surface area contributed by atoms with Gasteiger partial charge in [-0.3, -0.25) is 10.1 Å². The number of anilines is 2. The average molecular weight is 484 g/mol. The molecule has 1 amide bonds. The molecule has 12 heteroatoms. The third-order valence-electron chi connectivity index (χ3n) is 5.16. The fourth-order valence-electron chi connectivity index (χ4n) is 3.63. The number of nitrogens with zero attached hydrogens (tertiary/aromatic N) is 4. The van der Waals surface area contributed by atoms with E-state index in [0.717, 1.165) is 41.7 Å². The highest BCUT2D eigenvalue weighted by atomic mass is 32.2. The van der Waals surface area contributed by atoms with Crippen LogP contribution in [0.2, 0.25) is 0 Å². The van der Waals surface area contributed by atoms with Gasteiger partial charge in [0, 0.05) is 31.9 Å². The van der Waals surface area contributed by atoms with Crippen LogP contribution in [-0.4, -0.2) is 74.0 Å². The molecule has 0 radical (unpaired) electrons. The van der Waals surface area contributed by atoms with Crippen molar-refractivity contribution in [2.75, 3.05) is 55.4 Å². The topological polar surface area (TPSA) is 105 Å². The summed E-state index contributed by atoms with van der Waals surface area (Å²) in [6, 6.07) is 4.82. The number of thioether (sulfide) groups is 1. The lowest BCUT2D eigenvalue weighted by Crippen LogP contribution is -2.40. The lowest BCUT2D eigenvalue weighted by atomic mass is 10.1. The largest absolute Gasteiger partial charge is 0.379 e. The van der Waals surface area contributed by atoms with Gasteiger partial charge in [-0.15, -0.1) is 10.2 Å². The van der Waals surface area contributed by atoms with Crippen molar-refractivity contribution < 1.29 is 17.9 Å². The first-order chi connectivity index (χ1) is 15.0. The monoisotopic (exact) mass is 483 g/mol. The Morgan fingerprint density at radius 2 is 1.94 bits per heavy atom. The normalized spacial score (nSPS) is 17.8. The summed E-state index contributed by atoms with van der Waals surface area (Å²) < 4.78 is 33.7. The van der Waals surface area contributed by atoms with E-state index < -0.39 is 10.0 Å². The summed E-state index contributed by atoms with van der Waals surface area (Å²) in [5.41, 5.74) is 1.07. The van der Waals surface area contributed by atoms with Gasteiger partial charge in [-0.1, -0.05) is 30.0 Å². The highest BCUT2D eigenvalue weighted by Crippen LogP contribution is 2.31. The van der Waals surface area contributed by atoms with Gasteiger partial charge in [0.25, 0.3) is 5.91 Å². The Kier molecular flexibility index (Phi) is 7.12. The number of ether oxygens (including phenoxy) is 1. The molecule has 2 aromatic rings. The van der Waals surface area contributed by atoms with E-state index >= 15 is 0 Å². The van der Waals surface area contributed by atoms with Crippen molar-refractivity contribution >= 4 is 49.8 Å². The maximum absolute atomic E-state index is 13.2. The van der Waals surface area contributed by atoms with Gasteiger partial charge >= 0.3 is 0 Å². The molecule has 168 valence electrons. The molecule has 2 aliphatic rings. The number of nitrogens with one attached hydrogen (secondary N) is 1. The average Bonchev–Trinajstić information content (AvgIpc) is 3.47. The van der Waals surface area contributed by atoms with E-state index in [4.69, 9.17) is 4.74 Å². The zero-order chi connectivity index (χ0) is 21.8. The second-order valence-corrected chi connectivity index (χ2v) is 11.6. The van der Waals surface area contributed by atoms with E-state index in [9.17, 15) is 13.2 Å². The minimum atomic E-state index is -3.71. The van der Waals surface area contributed by atoms with Gasteiger partial charge in [0.1, 0.15) is 0 Å².